The molecule has 0 spiro atoms. The van der Waals surface area contributed by atoms with Crippen LogP contribution in [0.25, 0.3) is 5.76 Å². The number of ether oxygens (including phenoxy) is 2. The Labute approximate surface area is 220 Å². The van der Waals surface area contributed by atoms with E-state index in [9.17, 15) is 14.7 Å². The second-order valence-electron chi connectivity index (χ2n) is 9.26. The van der Waals surface area contributed by atoms with Crippen molar-refractivity contribution in [2.24, 2.45) is 0 Å². The van der Waals surface area contributed by atoms with Gasteiger partial charge in [0.2, 0.25) is 0 Å². The molecule has 2 aromatic rings. The minimum absolute atomic E-state index is 0.108. The van der Waals surface area contributed by atoms with Gasteiger partial charge in [-0.05, 0) is 74.3 Å². The van der Waals surface area contributed by atoms with Crippen LogP contribution in [-0.4, -0.2) is 66.0 Å². The van der Waals surface area contributed by atoms with E-state index in [-0.39, 0.29) is 11.3 Å². The van der Waals surface area contributed by atoms with Gasteiger partial charge in [-0.2, -0.15) is 0 Å². The summed E-state index contributed by atoms with van der Waals surface area (Å²) in [6, 6.07) is 12.1. The van der Waals surface area contributed by atoms with Crippen LogP contribution in [0.4, 0.5) is 0 Å². The number of aliphatic hydroxyl groups excluding tert-OH is 1. The number of ketones is 1. The van der Waals surface area contributed by atoms with Gasteiger partial charge < -0.3 is 24.4 Å². The van der Waals surface area contributed by atoms with Crippen molar-refractivity contribution in [1.29, 1.82) is 0 Å². The van der Waals surface area contributed by atoms with Crippen LogP contribution in [0.1, 0.15) is 63.3 Å². The number of carbonyl (C=O) groups is 2. The molecule has 1 aliphatic rings. The number of aliphatic hydroxyl groups is 1. The lowest BCUT2D eigenvalue weighted by molar-refractivity contribution is -0.140. The zero-order chi connectivity index (χ0) is 26.9. The highest BCUT2D eigenvalue weighted by molar-refractivity contribution is 6.46. The number of likely N-dealkylation sites (N-methyl/N-ethyl adjacent to an activating group) is 1. The van der Waals surface area contributed by atoms with Crippen LogP contribution >= 0.6 is 0 Å². The number of Topliss-reactive ketones (excluding diaryl/α,β-unsaturated/α-hetero) is 1. The quantitative estimate of drug-likeness (QED) is 0.224. The van der Waals surface area contributed by atoms with Crippen LogP contribution < -0.4 is 9.47 Å². The number of rotatable bonds is 13. The zero-order valence-corrected chi connectivity index (χ0v) is 22.8. The molecule has 0 aliphatic carbocycles. The zero-order valence-electron chi connectivity index (χ0n) is 22.8. The van der Waals surface area contributed by atoms with E-state index >= 15 is 0 Å². The van der Waals surface area contributed by atoms with Crippen molar-refractivity contribution in [3.05, 3.63) is 64.7 Å². The van der Waals surface area contributed by atoms with Gasteiger partial charge in [0.25, 0.3) is 11.7 Å². The van der Waals surface area contributed by atoms with Gasteiger partial charge in [0.15, 0.2) is 0 Å². The molecule has 7 nitrogen and oxygen atoms in total. The van der Waals surface area contributed by atoms with Crippen molar-refractivity contribution in [1.82, 2.24) is 9.80 Å². The van der Waals surface area contributed by atoms with Gasteiger partial charge in [0.1, 0.15) is 17.3 Å². The van der Waals surface area contributed by atoms with Gasteiger partial charge >= 0.3 is 0 Å². The van der Waals surface area contributed by atoms with E-state index in [2.05, 4.69) is 18.7 Å². The van der Waals surface area contributed by atoms with E-state index in [0.29, 0.717) is 37.6 Å². The molecule has 1 atom stereocenters. The maximum Gasteiger partial charge on any atom is 0.295 e. The molecule has 1 heterocycles. The molecule has 0 bridgehead atoms. The first-order valence-corrected chi connectivity index (χ1v) is 13.3. The molecular weight excluding hydrogens is 468 g/mol. The Hall–Kier alpha value is -3.32. The fourth-order valence-corrected chi connectivity index (χ4v) is 4.57. The van der Waals surface area contributed by atoms with Crippen molar-refractivity contribution in [2.75, 3.05) is 39.4 Å². The maximum atomic E-state index is 13.4. The Morgan fingerprint density at radius 3 is 2.08 bits per heavy atom. The average Bonchev–Trinajstić information content (AvgIpc) is 3.16. The molecule has 1 N–H and O–H groups in total. The maximum absolute atomic E-state index is 13.4. The van der Waals surface area contributed by atoms with Gasteiger partial charge in [-0.3, -0.25) is 9.59 Å². The lowest BCUT2D eigenvalue weighted by Gasteiger charge is -2.28. The summed E-state index contributed by atoms with van der Waals surface area (Å²) in [5.41, 5.74) is 2.14. The molecule has 2 aromatic carbocycles. The first-order valence-electron chi connectivity index (χ1n) is 13.3. The normalized spacial score (nSPS) is 17.0. The summed E-state index contributed by atoms with van der Waals surface area (Å²) in [5, 5.41) is 11.5. The van der Waals surface area contributed by atoms with E-state index in [0.717, 1.165) is 42.8 Å². The second-order valence-corrected chi connectivity index (χ2v) is 9.26. The van der Waals surface area contributed by atoms with E-state index in [4.69, 9.17) is 9.47 Å². The average molecular weight is 509 g/mol. The van der Waals surface area contributed by atoms with Crippen LogP contribution in [0.2, 0.25) is 0 Å². The fourth-order valence-electron chi connectivity index (χ4n) is 4.57. The number of carbonyl (C=O) groups excluding carboxylic acids is 2. The second kappa shape index (κ2) is 13.3. The van der Waals surface area contributed by atoms with Crippen molar-refractivity contribution in [3.8, 4) is 11.5 Å². The van der Waals surface area contributed by atoms with Crippen LogP contribution in [0.5, 0.6) is 11.5 Å². The summed E-state index contributed by atoms with van der Waals surface area (Å²) in [4.78, 5) is 30.4. The van der Waals surface area contributed by atoms with E-state index in [1.54, 1.807) is 17.0 Å². The molecule has 1 amide bonds. The first kappa shape index (κ1) is 28.3. The topological polar surface area (TPSA) is 79.3 Å². The third-order valence-corrected chi connectivity index (χ3v) is 6.69. The summed E-state index contributed by atoms with van der Waals surface area (Å²) < 4.78 is 11.4. The summed E-state index contributed by atoms with van der Waals surface area (Å²) in [6.07, 6.45) is 1.79. The molecule has 0 aromatic heterocycles. The number of aryl methyl sites for hydroxylation is 1. The highest BCUT2D eigenvalue weighted by Gasteiger charge is 2.46. The smallest absolute Gasteiger partial charge is 0.295 e. The van der Waals surface area contributed by atoms with Crippen LogP contribution in [-0.2, 0) is 9.59 Å². The van der Waals surface area contributed by atoms with E-state index in [1.807, 2.05) is 51.1 Å². The predicted octanol–water partition coefficient (Wildman–Crippen LogP) is 5.34. The molecule has 37 heavy (non-hydrogen) atoms. The third kappa shape index (κ3) is 6.52. The van der Waals surface area contributed by atoms with Crippen LogP contribution in [0.15, 0.2) is 48.0 Å². The Balaban J connectivity index is 2.05. The van der Waals surface area contributed by atoms with Crippen molar-refractivity contribution in [2.45, 2.75) is 53.5 Å². The lowest BCUT2D eigenvalue weighted by atomic mass is 9.94. The number of nitrogens with zero attached hydrogens (tertiary/aromatic N) is 2. The summed E-state index contributed by atoms with van der Waals surface area (Å²) in [7, 11) is 0. The molecule has 1 unspecified atom stereocenters. The van der Waals surface area contributed by atoms with E-state index in [1.165, 1.54) is 0 Å². The molecular formula is C30H40N2O5. The van der Waals surface area contributed by atoms with Gasteiger partial charge in [0.05, 0.1) is 24.8 Å². The summed E-state index contributed by atoms with van der Waals surface area (Å²) in [5.74, 6) is 0.00294. The van der Waals surface area contributed by atoms with Gasteiger partial charge in [-0.15, -0.1) is 0 Å². The minimum Gasteiger partial charge on any atom is -0.507 e. The summed E-state index contributed by atoms with van der Waals surface area (Å²) >= 11 is 0. The molecule has 0 radical (unpaired) electrons. The van der Waals surface area contributed by atoms with Crippen molar-refractivity contribution >= 4 is 17.4 Å². The standard InChI is InChI=1S/C30H40N2O5/c1-6-18-36-23-12-10-22(11-13-23)27-26(29(34)30(35)32(27)17-16-31(8-3)9-4)28(33)25-15-14-24(20-21(25)5)37-19-7-2/h10-15,20,27,33H,6-9,16-19H2,1-5H3. The minimum atomic E-state index is -0.689. The van der Waals surface area contributed by atoms with Crippen molar-refractivity contribution in [3.63, 3.8) is 0 Å². The molecule has 200 valence electrons. The fraction of sp³-hybridized carbons (Fsp3) is 0.467. The lowest BCUT2D eigenvalue weighted by Crippen LogP contribution is -2.38. The molecule has 1 aliphatic heterocycles. The summed E-state index contributed by atoms with van der Waals surface area (Å²) in [6.45, 7) is 14.0. The Kier molecular flexibility index (Phi) is 10.1. The Morgan fingerprint density at radius 2 is 1.51 bits per heavy atom. The Bertz CT molecular complexity index is 1110. The Morgan fingerprint density at radius 1 is 0.919 bits per heavy atom. The number of hydrogen-bond donors (Lipinski definition) is 1. The number of benzene rings is 2. The van der Waals surface area contributed by atoms with E-state index < -0.39 is 17.7 Å². The highest BCUT2D eigenvalue weighted by Crippen LogP contribution is 2.40. The number of amides is 1. The molecule has 0 saturated carbocycles. The van der Waals surface area contributed by atoms with Gasteiger partial charge in [0, 0.05) is 18.7 Å². The molecule has 7 heteroatoms. The van der Waals surface area contributed by atoms with Crippen LogP contribution in [0.3, 0.4) is 0 Å². The van der Waals surface area contributed by atoms with Gasteiger partial charge in [-0.1, -0.05) is 39.8 Å². The largest absolute Gasteiger partial charge is 0.507 e. The monoisotopic (exact) mass is 508 g/mol. The predicted molar refractivity (Wildman–Crippen MR) is 146 cm³/mol. The van der Waals surface area contributed by atoms with Crippen molar-refractivity contribution < 1.29 is 24.2 Å². The highest BCUT2D eigenvalue weighted by atomic mass is 16.5. The third-order valence-electron chi connectivity index (χ3n) is 6.69. The molecule has 1 saturated heterocycles. The molecule has 1 fully saturated rings. The number of hydrogen-bond acceptors (Lipinski definition) is 6. The van der Waals surface area contributed by atoms with Crippen LogP contribution in [0, 0.1) is 6.92 Å². The SMILES string of the molecule is CCCOc1ccc(C2C(=C(O)c3ccc(OCCC)cc3C)C(=O)C(=O)N2CCN(CC)CC)cc1. The number of likely N-dealkylation sites (tertiary alicyclic amines) is 1. The van der Waals surface area contributed by atoms with Gasteiger partial charge in [-0.25, -0.2) is 0 Å². The molecule has 3 rings (SSSR count). The first-order chi connectivity index (χ1) is 17.9.